The summed E-state index contributed by atoms with van der Waals surface area (Å²) < 4.78 is 10.9. The van der Waals surface area contributed by atoms with Crippen LogP contribution in [0.1, 0.15) is 88.7 Å². The van der Waals surface area contributed by atoms with E-state index >= 15 is 0 Å². The number of tetrazole rings is 1. The number of nitrogens with one attached hydrogen (secondary N) is 5. The predicted octanol–water partition coefficient (Wildman–Crippen LogP) is 6.43. The first-order chi connectivity index (χ1) is 29.9. The van der Waals surface area contributed by atoms with Crippen LogP contribution in [0.5, 0.6) is 0 Å². The number of aryl methyl sites for hydroxylation is 1. The number of aromatic amines is 1. The number of ether oxygens (including phenoxy) is 2. The minimum absolute atomic E-state index is 0.00214. The van der Waals surface area contributed by atoms with E-state index in [9.17, 15) is 24.0 Å². The van der Waals surface area contributed by atoms with Crippen molar-refractivity contribution in [1.29, 1.82) is 0 Å². The fourth-order valence-electron chi connectivity index (χ4n) is 8.52. The van der Waals surface area contributed by atoms with E-state index < -0.39 is 23.3 Å². The van der Waals surface area contributed by atoms with E-state index in [1.807, 2.05) is 90.9 Å². The summed E-state index contributed by atoms with van der Waals surface area (Å²) in [5.74, 6) is 0.104. The Hall–Kier alpha value is -6.32. The van der Waals surface area contributed by atoms with Crippen LogP contribution >= 0.6 is 0 Å². The number of nitrogens with zero attached hydrogens (tertiary/aromatic N) is 4. The molecule has 16 nitrogen and oxygen atoms in total. The summed E-state index contributed by atoms with van der Waals surface area (Å²) in [7, 11) is 0. The molecule has 3 aromatic carbocycles. The molecule has 2 unspecified atom stereocenters. The van der Waals surface area contributed by atoms with Crippen LogP contribution < -0.4 is 21.3 Å². The molecule has 5 amide bonds. The van der Waals surface area contributed by atoms with Gasteiger partial charge in [-0.25, -0.2) is 14.7 Å². The van der Waals surface area contributed by atoms with Crippen molar-refractivity contribution in [2.75, 3.05) is 25.0 Å². The Bertz CT molecular complexity index is 2280. The van der Waals surface area contributed by atoms with Crippen molar-refractivity contribution in [1.82, 2.24) is 41.5 Å². The van der Waals surface area contributed by atoms with Gasteiger partial charge in [0.2, 0.25) is 11.8 Å². The summed E-state index contributed by atoms with van der Waals surface area (Å²) in [4.78, 5) is 68.0. The van der Waals surface area contributed by atoms with Gasteiger partial charge in [-0.05, 0) is 149 Å². The van der Waals surface area contributed by atoms with Crippen LogP contribution in [-0.2, 0) is 25.5 Å². The number of likely N-dealkylation sites (tertiary alicyclic amines) is 1. The first-order valence-corrected chi connectivity index (χ1v) is 21.8. The van der Waals surface area contributed by atoms with Crippen LogP contribution in [0, 0.1) is 30.6 Å². The van der Waals surface area contributed by atoms with Gasteiger partial charge in [0.25, 0.3) is 5.91 Å². The quantitative estimate of drug-likeness (QED) is 0.105. The van der Waals surface area contributed by atoms with Gasteiger partial charge in [-0.1, -0.05) is 30.3 Å². The van der Waals surface area contributed by atoms with Gasteiger partial charge >= 0.3 is 12.2 Å². The number of H-pyrrole nitrogens is 1. The van der Waals surface area contributed by atoms with E-state index in [-0.39, 0.29) is 59.9 Å². The van der Waals surface area contributed by atoms with Gasteiger partial charge < -0.3 is 35.6 Å². The molecular formula is C47H59N9O7. The lowest BCUT2D eigenvalue weighted by atomic mass is 9.81. The smallest absolute Gasteiger partial charge is 0.410 e. The van der Waals surface area contributed by atoms with Gasteiger partial charge in [-0.3, -0.25) is 14.4 Å². The highest BCUT2D eigenvalue weighted by molar-refractivity contribution is 5.98. The number of hydrogen-bond donors (Lipinski definition) is 5. The average Bonchev–Trinajstić information content (AvgIpc) is 3.59. The molecule has 7 rings (SSSR count). The Morgan fingerprint density at radius 2 is 1.54 bits per heavy atom. The number of alkyl carbamates (subject to hydrolysis) is 1. The Kier molecular flexibility index (Phi) is 13.2. The Morgan fingerprint density at radius 1 is 0.841 bits per heavy atom. The molecule has 16 heteroatoms. The van der Waals surface area contributed by atoms with Gasteiger partial charge in [0, 0.05) is 66.7 Å². The second-order valence-electron chi connectivity index (χ2n) is 19.1. The molecule has 2 heterocycles. The molecule has 3 aliphatic rings. The Labute approximate surface area is 368 Å². The van der Waals surface area contributed by atoms with E-state index in [0.717, 1.165) is 40.7 Å². The number of carbonyl (C=O) groups is 5. The summed E-state index contributed by atoms with van der Waals surface area (Å²) >= 11 is 0. The summed E-state index contributed by atoms with van der Waals surface area (Å²) in [6, 6.07) is 19.6. The summed E-state index contributed by atoms with van der Waals surface area (Å²) in [6.07, 6.45) is 2.21. The minimum atomic E-state index is -0.903. The third kappa shape index (κ3) is 11.8. The van der Waals surface area contributed by atoms with Crippen LogP contribution in [0.2, 0.25) is 0 Å². The third-order valence-electron chi connectivity index (χ3n) is 11.9. The lowest BCUT2D eigenvalue weighted by Crippen LogP contribution is -2.48. The molecule has 2 saturated carbocycles. The zero-order chi connectivity index (χ0) is 45.1. The first-order valence-electron chi connectivity index (χ1n) is 21.8. The predicted molar refractivity (Wildman–Crippen MR) is 236 cm³/mol. The SMILES string of the molecule is Cc1ccc(C(=O)NC2C3CN(C(=O)OC(C)(C)C)CC32)cc1-c1cccc(C[C@H](NC(=O)[C@H]2CC[C@H](CNC(=O)OC(C)(C)C)CC2)C(=O)Nc2ccc(-c3nnn[nH]3)cc2)c1. The number of fused-ring (bicyclic) bond motifs is 1. The molecule has 4 aromatic rings. The maximum atomic E-state index is 14.1. The van der Waals surface area contributed by atoms with Crippen LogP contribution in [0.4, 0.5) is 15.3 Å². The summed E-state index contributed by atoms with van der Waals surface area (Å²) in [6.45, 7) is 14.6. The maximum absolute atomic E-state index is 14.1. The van der Waals surface area contributed by atoms with Gasteiger partial charge in [-0.2, -0.15) is 0 Å². The number of carbonyl (C=O) groups excluding carboxylic acids is 5. The largest absolute Gasteiger partial charge is 0.444 e. The molecule has 334 valence electrons. The monoisotopic (exact) mass is 861 g/mol. The number of piperidine rings is 1. The number of anilines is 1. The van der Waals surface area contributed by atoms with E-state index in [1.54, 1.807) is 29.2 Å². The molecule has 0 radical (unpaired) electrons. The van der Waals surface area contributed by atoms with Crippen molar-refractivity contribution in [2.24, 2.45) is 23.7 Å². The van der Waals surface area contributed by atoms with Gasteiger partial charge in [0.15, 0.2) is 5.82 Å². The summed E-state index contributed by atoms with van der Waals surface area (Å²) in [5, 5.41) is 26.0. The molecule has 0 spiro atoms. The highest BCUT2D eigenvalue weighted by Crippen LogP contribution is 2.46. The Balaban J connectivity index is 1.01. The molecule has 0 bridgehead atoms. The zero-order valence-electron chi connectivity index (χ0n) is 37.1. The summed E-state index contributed by atoms with van der Waals surface area (Å²) in [5.41, 5.74) is 4.22. The molecule has 2 aliphatic carbocycles. The molecule has 5 N–H and O–H groups in total. The maximum Gasteiger partial charge on any atom is 0.410 e. The number of benzene rings is 3. The normalized spacial score (nSPS) is 21.1. The van der Waals surface area contributed by atoms with Crippen molar-refractivity contribution >= 4 is 35.6 Å². The molecule has 63 heavy (non-hydrogen) atoms. The van der Waals surface area contributed by atoms with E-state index in [0.29, 0.717) is 49.6 Å². The second-order valence-corrected chi connectivity index (χ2v) is 19.1. The molecule has 3 fully saturated rings. The first kappa shape index (κ1) is 44.7. The zero-order valence-corrected chi connectivity index (χ0v) is 37.1. The number of rotatable bonds is 12. The lowest BCUT2D eigenvalue weighted by molar-refractivity contribution is -0.130. The Morgan fingerprint density at radius 3 is 2.19 bits per heavy atom. The topological polar surface area (TPSA) is 210 Å². The second kappa shape index (κ2) is 18.6. The fourth-order valence-corrected chi connectivity index (χ4v) is 8.52. The fraction of sp³-hybridized carbons (Fsp3) is 0.489. The van der Waals surface area contributed by atoms with Crippen molar-refractivity contribution in [3.8, 4) is 22.5 Å². The van der Waals surface area contributed by atoms with Gasteiger partial charge in [0.1, 0.15) is 17.2 Å². The van der Waals surface area contributed by atoms with Crippen LogP contribution in [0.3, 0.4) is 0 Å². The van der Waals surface area contributed by atoms with E-state index in [2.05, 4.69) is 41.9 Å². The average molecular weight is 862 g/mol. The van der Waals surface area contributed by atoms with Crippen molar-refractivity contribution < 1.29 is 33.4 Å². The van der Waals surface area contributed by atoms with Crippen LogP contribution in [0.15, 0.2) is 66.7 Å². The van der Waals surface area contributed by atoms with Crippen molar-refractivity contribution in [3.05, 3.63) is 83.4 Å². The molecule has 1 saturated heterocycles. The molecule has 1 aliphatic heterocycles. The number of hydrogen-bond acceptors (Lipinski definition) is 10. The standard InChI is InChI=1S/C47H59N9O7/c1-27-11-14-33(42(58)51-39-36-25-56(26-37(36)39)45(61)63-47(5,6)7)23-35(27)32-10-8-9-29(21-32)22-38(43(59)49-34-19-17-30(18-20-34)40-52-54-55-53-40)50-41(57)31-15-12-28(13-16-31)24-48-44(60)62-46(2,3)4/h8-11,14,17-21,23,28,31,36-39H,12-13,15-16,22,24-26H2,1-7H3,(H,48,60)(H,49,59)(H,50,57)(H,51,58)(H,52,53,54,55)/t28-,31-,36?,37?,38-,39?/m0/s1. The molecule has 3 atom stereocenters. The van der Waals surface area contributed by atoms with Crippen molar-refractivity contribution in [2.45, 2.75) is 104 Å². The highest BCUT2D eigenvalue weighted by atomic mass is 16.6. The molecule has 1 aromatic heterocycles. The van der Waals surface area contributed by atoms with Crippen LogP contribution in [0.25, 0.3) is 22.5 Å². The molecular weight excluding hydrogens is 803 g/mol. The number of aromatic nitrogens is 4. The highest BCUT2D eigenvalue weighted by Gasteiger charge is 2.58. The van der Waals surface area contributed by atoms with E-state index in [1.165, 1.54) is 0 Å². The van der Waals surface area contributed by atoms with Gasteiger partial charge in [-0.15, -0.1) is 5.10 Å². The third-order valence-corrected chi connectivity index (χ3v) is 11.9. The lowest BCUT2D eigenvalue weighted by Gasteiger charge is -2.29. The van der Waals surface area contributed by atoms with Gasteiger partial charge in [0.05, 0.1) is 0 Å². The number of amides is 5. The van der Waals surface area contributed by atoms with Crippen molar-refractivity contribution in [3.63, 3.8) is 0 Å². The minimum Gasteiger partial charge on any atom is -0.444 e. The van der Waals surface area contributed by atoms with Crippen LogP contribution in [-0.4, -0.2) is 98.4 Å². The van der Waals surface area contributed by atoms with E-state index in [4.69, 9.17) is 9.47 Å².